The van der Waals surface area contributed by atoms with Crippen molar-refractivity contribution in [2.75, 3.05) is 13.1 Å². The van der Waals surface area contributed by atoms with Crippen LogP contribution in [0.2, 0.25) is 0 Å². The minimum Gasteiger partial charge on any atom is -0.338 e. The van der Waals surface area contributed by atoms with Gasteiger partial charge in [-0.3, -0.25) is 9.78 Å². The molecular weight excluding hydrogens is 498 g/mol. The number of nitrogens with zero attached hydrogens (tertiary/aromatic N) is 3. The van der Waals surface area contributed by atoms with E-state index in [1.54, 1.807) is 29.2 Å². The van der Waals surface area contributed by atoms with Crippen molar-refractivity contribution in [2.45, 2.75) is 31.1 Å². The molecule has 0 bridgehead atoms. The number of carbonyl (C=O) groups excluding carboxylic acids is 1. The smallest absolute Gasteiger partial charge is 0.338 e. The van der Waals surface area contributed by atoms with Crippen LogP contribution in [0.25, 0.3) is 22.3 Å². The molecule has 1 aliphatic heterocycles. The number of piperidine rings is 1. The predicted molar refractivity (Wildman–Crippen MR) is 124 cm³/mol. The molecule has 0 spiro atoms. The van der Waals surface area contributed by atoms with Crippen LogP contribution in [0.4, 0.5) is 26.3 Å². The lowest BCUT2D eigenvalue weighted by molar-refractivity contribution is -0.144. The first-order chi connectivity index (χ1) is 17.5. The van der Waals surface area contributed by atoms with E-state index in [9.17, 15) is 31.1 Å². The molecule has 1 N–H and O–H groups in total. The summed E-state index contributed by atoms with van der Waals surface area (Å²) in [6, 6.07) is 14.3. The maximum Gasteiger partial charge on any atom is 0.449 e. The van der Waals surface area contributed by atoms with E-state index < -0.39 is 23.7 Å². The third-order valence-corrected chi connectivity index (χ3v) is 6.38. The van der Waals surface area contributed by atoms with Gasteiger partial charge in [-0.2, -0.15) is 26.3 Å². The van der Waals surface area contributed by atoms with Crippen LogP contribution in [0.5, 0.6) is 0 Å². The predicted octanol–water partition coefficient (Wildman–Crippen LogP) is 6.68. The second kappa shape index (κ2) is 9.20. The number of hydrogen-bond acceptors (Lipinski definition) is 3. The van der Waals surface area contributed by atoms with E-state index in [1.165, 1.54) is 24.3 Å². The Hall–Kier alpha value is -3.89. The van der Waals surface area contributed by atoms with Crippen molar-refractivity contribution in [2.24, 2.45) is 0 Å². The first kappa shape index (κ1) is 24.8. The lowest BCUT2D eigenvalue weighted by atomic mass is 9.93. The van der Waals surface area contributed by atoms with Crippen molar-refractivity contribution in [1.29, 1.82) is 0 Å². The highest BCUT2D eigenvalue weighted by molar-refractivity contribution is 5.97. The van der Waals surface area contributed by atoms with E-state index in [4.69, 9.17) is 0 Å². The first-order valence-corrected chi connectivity index (χ1v) is 11.5. The Labute approximate surface area is 207 Å². The van der Waals surface area contributed by atoms with E-state index >= 15 is 0 Å². The Balaban J connectivity index is 1.36. The number of aromatic amines is 1. The van der Waals surface area contributed by atoms with Gasteiger partial charge in [-0.1, -0.05) is 18.2 Å². The van der Waals surface area contributed by atoms with Crippen molar-refractivity contribution in [3.8, 4) is 11.3 Å². The maximum absolute atomic E-state index is 13.2. The van der Waals surface area contributed by atoms with Crippen molar-refractivity contribution in [1.82, 2.24) is 19.9 Å². The molecule has 11 heteroatoms. The van der Waals surface area contributed by atoms with Gasteiger partial charge in [0.15, 0.2) is 0 Å². The zero-order chi connectivity index (χ0) is 26.4. The average Bonchev–Trinajstić information content (AvgIpc) is 3.32. The minimum absolute atomic E-state index is 0.107. The molecule has 5 rings (SSSR count). The summed E-state index contributed by atoms with van der Waals surface area (Å²) in [6.45, 7) is 0.796. The highest BCUT2D eigenvalue weighted by Gasteiger charge is 2.35. The highest BCUT2D eigenvalue weighted by Crippen LogP contribution is 2.33. The van der Waals surface area contributed by atoms with Gasteiger partial charge >= 0.3 is 12.4 Å². The van der Waals surface area contributed by atoms with Gasteiger partial charge in [-0.05, 0) is 55.3 Å². The van der Waals surface area contributed by atoms with Crippen LogP contribution in [-0.2, 0) is 12.4 Å². The molecule has 1 atom stereocenters. The highest BCUT2D eigenvalue weighted by atomic mass is 19.4. The van der Waals surface area contributed by atoms with Crippen LogP contribution >= 0.6 is 0 Å². The number of H-pyrrole nitrogens is 1. The molecule has 1 amide bonds. The molecule has 1 aliphatic rings. The van der Waals surface area contributed by atoms with Crippen molar-refractivity contribution < 1.29 is 31.1 Å². The lowest BCUT2D eigenvalue weighted by Crippen LogP contribution is -2.39. The number of alkyl halides is 6. The Morgan fingerprint density at radius 2 is 1.70 bits per heavy atom. The fourth-order valence-corrected chi connectivity index (χ4v) is 4.56. The molecule has 192 valence electrons. The third-order valence-electron chi connectivity index (χ3n) is 6.38. The molecule has 5 nitrogen and oxygen atoms in total. The molecular formula is C26H20F6N4O. The van der Waals surface area contributed by atoms with Gasteiger partial charge in [0, 0.05) is 35.8 Å². The standard InChI is InChI=1S/C26H20F6N4O/c27-25(28,29)18-6-1-4-15(12-18)19-7-2-8-20(33-19)17-5-3-11-36(14-17)23(37)16-9-10-21-22(13-16)35-24(34-21)26(30,31)32/h1-2,4,6-10,12-13,17H,3,5,11,14H2,(H,34,35)/t17-/m0/s1. The summed E-state index contributed by atoms with van der Waals surface area (Å²) < 4.78 is 78.3. The van der Waals surface area contributed by atoms with Crippen molar-refractivity contribution in [3.63, 3.8) is 0 Å². The summed E-state index contributed by atoms with van der Waals surface area (Å²) in [5.41, 5.74) is 1.09. The molecule has 0 radical (unpaired) electrons. The molecule has 1 fully saturated rings. The van der Waals surface area contributed by atoms with Crippen LogP contribution < -0.4 is 0 Å². The molecule has 37 heavy (non-hydrogen) atoms. The Morgan fingerprint density at radius 3 is 2.46 bits per heavy atom. The average molecular weight is 518 g/mol. The number of benzene rings is 2. The summed E-state index contributed by atoms with van der Waals surface area (Å²) in [4.78, 5) is 25.1. The fraction of sp³-hybridized carbons (Fsp3) is 0.269. The van der Waals surface area contributed by atoms with Crippen LogP contribution in [0.15, 0.2) is 60.7 Å². The molecule has 0 saturated carbocycles. The second-order valence-electron chi connectivity index (χ2n) is 8.93. The second-order valence-corrected chi connectivity index (χ2v) is 8.93. The van der Waals surface area contributed by atoms with E-state index in [-0.39, 0.29) is 28.4 Å². The van der Waals surface area contributed by atoms with E-state index in [1.807, 2.05) is 0 Å². The maximum atomic E-state index is 13.2. The van der Waals surface area contributed by atoms with Crippen LogP contribution in [-0.4, -0.2) is 38.8 Å². The van der Waals surface area contributed by atoms with Crippen LogP contribution in [0, 0.1) is 0 Å². The number of fused-ring (bicyclic) bond motifs is 1. The van der Waals surface area contributed by atoms with Gasteiger partial charge in [0.1, 0.15) is 0 Å². The summed E-state index contributed by atoms with van der Waals surface area (Å²) in [6.07, 6.45) is -7.68. The number of hydrogen-bond donors (Lipinski definition) is 1. The summed E-state index contributed by atoms with van der Waals surface area (Å²) >= 11 is 0. The molecule has 2 aromatic heterocycles. The number of aromatic nitrogens is 3. The van der Waals surface area contributed by atoms with Gasteiger partial charge in [-0.15, -0.1) is 0 Å². The number of imidazole rings is 1. The van der Waals surface area contributed by atoms with Crippen LogP contribution in [0.3, 0.4) is 0 Å². The number of amides is 1. The zero-order valence-electron chi connectivity index (χ0n) is 19.2. The number of nitrogens with one attached hydrogen (secondary N) is 1. The molecule has 0 aliphatic carbocycles. The SMILES string of the molecule is O=C(c1ccc2nc(C(F)(F)F)[nH]c2c1)N1CCC[C@H](c2cccc(-c3cccc(C(F)(F)F)c3)n2)C1. The summed E-state index contributed by atoms with van der Waals surface area (Å²) in [5.74, 6) is -1.60. The first-order valence-electron chi connectivity index (χ1n) is 11.5. The van der Waals surface area contributed by atoms with Gasteiger partial charge in [0.25, 0.3) is 5.91 Å². The Morgan fingerprint density at radius 1 is 0.919 bits per heavy atom. The summed E-state index contributed by atoms with van der Waals surface area (Å²) in [7, 11) is 0. The number of rotatable bonds is 3. The molecule has 2 aromatic carbocycles. The molecule has 0 unspecified atom stereocenters. The minimum atomic E-state index is -4.63. The monoisotopic (exact) mass is 518 g/mol. The fourth-order valence-electron chi connectivity index (χ4n) is 4.56. The largest absolute Gasteiger partial charge is 0.449 e. The number of pyridine rings is 1. The van der Waals surface area contributed by atoms with E-state index in [0.717, 1.165) is 18.6 Å². The van der Waals surface area contributed by atoms with Crippen molar-refractivity contribution >= 4 is 16.9 Å². The molecule has 1 saturated heterocycles. The summed E-state index contributed by atoms with van der Waals surface area (Å²) in [5, 5.41) is 0. The Kier molecular flexibility index (Phi) is 6.17. The Bertz CT molecular complexity index is 1460. The topological polar surface area (TPSA) is 61.9 Å². The van der Waals surface area contributed by atoms with Crippen molar-refractivity contribution in [3.05, 3.63) is 83.3 Å². The van der Waals surface area contributed by atoms with Crippen LogP contribution in [0.1, 0.15) is 46.2 Å². The normalized spacial score (nSPS) is 16.8. The third kappa shape index (κ3) is 5.16. The molecule has 3 heterocycles. The van der Waals surface area contributed by atoms with E-state index in [2.05, 4.69) is 15.0 Å². The lowest BCUT2D eigenvalue weighted by Gasteiger charge is -2.32. The van der Waals surface area contributed by atoms with E-state index in [0.29, 0.717) is 36.5 Å². The quantitative estimate of drug-likeness (QED) is 0.308. The molecule has 4 aromatic rings. The van der Waals surface area contributed by atoms with Gasteiger partial charge in [0.2, 0.25) is 5.82 Å². The number of likely N-dealkylation sites (tertiary alicyclic amines) is 1. The number of carbonyl (C=O) groups is 1. The zero-order valence-corrected chi connectivity index (χ0v) is 19.2. The van der Waals surface area contributed by atoms with Gasteiger partial charge < -0.3 is 9.88 Å². The number of halogens is 6. The van der Waals surface area contributed by atoms with Gasteiger partial charge in [-0.25, -0.2) is 4.98 Å². The van der Waals surface area contributed by atoms with Gasteiger partial charge in [0.05, 0.1) is 22.3 Å².